The molecule has 1 aromatic carbocycles. The zero-order valence-corrected chi connectivity index (χ0v) is 12.0. The Hall–Kier alpha value is -2.37. The minimum Gasteiger partial charge on any atom is -0.484 e. The first-order chi connectivity index (χ1) is 9.97. The van der Waals surface area contributed by atoms with Crippen LogP contribution in [0.15, 0.2) is 18.2 Å². The molecule has 1 aromatic rings. The van der Waals surface area contributed by atoms with Crippen LogP contribution in [0, 0.1) is 6.92 Å². The van der Waals surface area contributed by atoms with Crippen molar-refractivity contribution < 1.29 is 23.9 Å². The summed E-state index contributed by atoms with van der Waals surface area (Å²) in [5.74, 6) is -0.310. The number of hydrogen-bond donors (Lipinski definition) is 1. The van der Waals surface area contributed by atoms with E-state index in [1.165, 1.54) is 6.92 Å². The molecule has 1 heterocycles. The zero-order chi connectivity index (χ0) is 15.4. The standard InChI is InChI=1S/C15H17NO5/c1-9-7-11(3-4-12(9)10(2)17)21-8-14(18)16-13-5-6-20-15(13)19/h3-4,7,13H,5-6,8H2,1-2H3,(H,16,18). The van der Waals surface area contributed by atoms with Crippen LogP contribution in [0.5, 0.6) is 5.75 Å². The van der Waals surface area contributed by atoms with Crippen LogP contribution in [0.4, 0.5) is 0 Å². The van der Waals surface area contributed by atoms with Crippen molar-refractivity contribution in [3.05, 3.63) is 29.3 Å². The highest BCUT2D eigenvalue weighted by molar-refractivity contribution is 5.95. The van der Waals surface area contributed by atoms with Crippen molar-refractivity contribution in [3.63, 3.8) is 0 Å². The molecule has 1 saturated heterocycles. The average molecular weight is 291 g/mol. The molecule has 1 aliphatic rings. The fourth-order valence-corrected chi connectivity index (χ4v) is 2.13. The number of carbonyl (C=O) groups excluding carboxylic acids is 3. The van der Waals surface area contributed by atoms with E-state index in [4.69, 9.17) is 9.47 Å². The van der Waals surface area contributed by atoms with Gasteiger partial charge in [0.25, 0.3) is 5.91 Å². The van der Waals surface area contributed by atoms with Gasteiger partial charge in [0.1, 0.15) is 11.8 Å². The highest BCUT2D eigenvalue weighted by Gasteiger charge is 2.27. The van der Waals surface area contributed by atoms with Crippen LogP contribution in [-0.4, -0.2) is 36.9 Å². The number of hydrogen-bond acceptors (Lipinski definition) is 5. The third-order valence-electron chi connectivity index (χ3n) is 3.22. The van der Waals surface area contributed by atoms with Gasteiger partial charge in [-0.1, -0.05) is 0 Å². The minimum absolute atomic E-state index is 0.0171. The summed E-state index contributed by atoms with van der Waals surface area (Å²) in [6.07, 6.45) is 0.483. The third kappa shape index (κ3) is 3.81. The summed E-state index contributed by atoms with van der Waals surface area (Å²) >= 11 is 0. The van der Waals surface area contributed by atoms with Crippen molar-refractivity contribution in [2.24, 2.45) is 0 Å². The molecular weight excluding hydrogens is 274 g/mol. The lowest BCUT2D eigenvalue weighted by Gasteiger charge is -2.11. The number of aryl methyl sites for hydroxylation is 1. The summed E-state index contributed by atoms with van der Waals surface area (Å²) in [6.45, 7) is 3.44. The van der Waals surface area contributed by atoms with E-state index in [1.54, 1.807) is 25.1 Å². The second-order valence-corrected chi connectivity index (χ2v) is 4.90. The van der Waals surface area contributed by atoms with Gasteiger partial charge in [-0.25, -0.2) is 4.79 Å². The number of Topliss-reactive ketones (excluding diaryl/α,β-unsaturated/α-hetero) is 1. The van der Waals surface area contributed by atoms with E-state index < -0.39 is 12.0 Å². The molecule has 1 N–H and O–H groups in total. The van der Waals surface area contributed by atoms with E-state index in [0.717, 1.165) is 5.56 Å². The Morgan fingerprint density at radius 2 is 2.19 bits per heavy atom. The van der Waals surface area contributed by atoms with Crippen LogP contribution in [0.2, 0.25) is 0 Å². The summed E-state index contributed by atoms with van der Waals surface area (Å²) < 4.78 is 10.1. The Morgan fingerprint density at radius 3 is 2.76 bits per heavy atom. The molecule has 0 aromatic heterocycles. The van der Waals surface area contributed by atoms with Crippen molar-refractivity contribution in [1.82, 2.24) is 5.32 Å². The van der Waals surface area contributed by atoms with E-state index >= 15 is 0 Å². The van der Waals surface area contributed by atoms with E-state index in [0.29, 0.717) is 24.3 Å². The fraction of sp³-hybridized carbons (Fsp3) is 0.400. The summed E-state index contributed by atoms with van der Waals surface area (Å²) in [6, 6.07) is 4.43. The minimum atomic E-state index is -0.581. The summed E-state index contributed by atoms with van der Waals surface area (Å²) in [5, 5.41) is 2.55. The van der Waals surface area contributed by atoms with Crippen molar-refractivity contribution in [2.75, 3.05) is 13.2 Å². The molecule has 0 spiro atoms. The maximum atomic E-state index is 11.7. The molecular formula is C15H17NO5. The van der Waals surface area contributed by atoms with Crippen molar-refractivity contribution in [1.29, 1.82) is 0 Å². The zero-order valence-electron chi connectivity index (χ0n) is 12.0. The van der Waals surface area contributed by atoms with Crippen molar-refractivity contribution in [3.8, 4) is 5.75 Å². The Labute approximate surface area is 122 Å². The molecule has 1 amide bonds. The number of benzene rings is 1. The van der Waals surface area contributed by atoms with Gasteiger partial charge in [-0.15, -0.1) is 0 Å². The normalized spacial score (nSPS) is 17.2. The molecule has 0 radical (unpaired) electrons. The van der Waals surface area contributed by atoms with E-state index in [1.807, 2.05) is 0 Å². The predicted octanol–water partition coefficient (Wildman–Crippen LogP) is 1.01. The first kappa shape index (κ1) is 15.0. The Kier molecular flexibility index (Phi) is 4.57. The van der Waals surface area contributed by atoms with Gasteiger partial charge in [-0.05, 0) is 37.6 Å². The molecule has 6 heteroatoms. The molecule has 21 heavy (non-hydrogen) atoms. The lowest BCUT2D eigenvalue weighted by atomic mass is 10.1. The molecule has 1 atom stereocenters. The smallest absolute Gasteiger partial charge is 0.328 e. The third-order valence-corrected chi connectivity index (χ3v) is 3.22. The molecule has 1 aliphatic heterocycles. The highest BCUT2D eigenvalue weighted by atomic mass is 16.5. The predicted molar refractivity (Wildman–Crippen MR) is 74.2 cm³/mol. The summed E-state index contributed by atoms with van der Waals surface area (Å²) in [7, 11) is 0. The number of ketones is 1. The van der Waals surface area contributed by atoms with Crippen LogP contribution >= 0.6 is 0 Å². The highest BCUT2D eigenvalue weighted by Crippen LogP contribution is 2.17. The van der Waals surface area contributed by atoms with Gasteiger partial charge in [0, 0.05) is 12.0 Å². The van der Waals surface area contributed by atoms with Gasteiger partial charge in [0.05, 0.1) is 6.61 Å². The first-order valence-electron chi connectivity index (χ1n) is 6.68. The molecule has 0 bridgehead atoms. The lowest BCUT2D eigenvalue weighted by Crippen LogP contribution is -2.40. The van der Waals surface area contributed by atoms with Crippen LogP contribution in [-0.2, 0) is 14.3 Å². The van der Waals surface area contributed by atoms with Crippen molar-refractivity contribution in [2.45, 2.75) is 26.3 Å². The Morgan fingerprint density at radius 1 is 1.43 bits per heavy atom. The SMILES string of the molecule is CC(=O)c1ccc(OCC(=O)NC2CCOC2=O)cc1C. The van der Waals surface area contributed by atoms with E-state index in [-0.39, 0.29) is 18.3 Å². The number of amides is 1. The Bertz CT molecular complexity index is 581. The van der Waals surface area contributed by atoms with Gasteiger partial charge in [0.15, 0.2) is 12.4 Å². The van der Waals surface area contributed by atoms with Gasteiger partial charge < -0.3 is 14.8 Å². The Balaban J connectivity index is 1.88. The van der Waals surface area contributed by atoms with Gasteiger partial charge in [-0.3, -0.25) is 9.59 Å². The quantitative estimate of drug-likeness (QED) is 0.646. The molecule has 2 rings (SSSR count). The number of cyclic esters (lactones) is 1. The molecule has 112 valence electrons. The van der Waals surface area contributed by atoms with Crippen LogP contribution in [0.3, 0.4) is 0 Å². The average Bonchev–Trinajstić information content (AvgIpc) is 2.81. The van der Waals surface area contributed by atoms with Crippen LogP contribution in [0.25, 0.3) is 0 Å². The maximum absolute atomic E-state index is 11.7. The van der Waals surface area contributed by atoms with E-state index in [9.17, 15) is 14.4 Å². The number of esters is 1. The monoisotopic (exact) mass is 291 g/mol. The summed E-state index contributed by atoms with van der Waals surface area (Å²) in [5.41, 5.74) is 1.42. The first-order valence-corrected chi connectivity index (χ1v) is 6.68. The largest absolute Gasteiger partial charge is 0.484 e. The number of nitrogens with one attached hydrogen (secondary N) is 1. The van der Waals surface area contributed by atoms with E-state index in [2.05, 4.69) is 5.32 Å². The fourth-order valence-electron chi connectivity index (χ4n) is 2.13. The number of ether oxygens (including phenoxy) is 2. The maximum Gasteiger partial charge on any atom is 0.328 e. The molecule has 6 nitrogen and oxygen atoms in total. The topological polar surface area (TPSA) is 81.7 Å². The molecule has 1 fully saturated rings. The second-order valence-electron chi connectivity index (χ2n) is 4.90. The van der Waals surface area contributed by atoms with Gasteiger partial charge in [-0.2, -0.15) is 0 Å². The van der Waals surface area contributed by atoms with Crippen molar-refractivity contribution >= 4 is 17.7 Å². The molecule has 1 unspecified atom stereocenters. The lowest BCUT2D eigenvalue weighted by molar-refractivity contribution is -0.141. The van der Waals surface area contributed by atoms with Crippen LogP contribution in [0.1, 0.15) is 29.3 Å². The number of rotatable bonds is 5. The second kappa shape index (κ2) is 6.39. The van der Waals surface area contributed by atoms with Crippen LogP contribution < -0.4 is 10.1 Å². The molecule has 0 saturated carbocycles. The number of carbonyl (C=O) groups is 3. The molecule has 0 aliphatic carbocycles. The van der Waals surface area contributed by atoms with Gasteiger partial charge >= 0.3 is 5.97 Å². The van der Waals surface area contributed by atoms with Gasteiger partial charge in [0.2, 0.25) is 0 Å². The summed E-state index contributed by atoms with van der Waals surface area (Å²) in [4.78, 5) is 34.2.